The van der Waals surface area contributed by atoms with Crippen molar-refractivity contribution in [3.63, 3.8) is 0 Å². The fraction of sp³-hybridized carbons (Fsp3) is 0.200. The minimum atomic E-state index is 0.344. The third-order valence-corrected chi connectivity index (χ3v) is 5.56. The minimum absolute atomic E-state index is 0.344. The van der Waals surface area contributed by atoms with Crippen LogP contribution in [0, 0.1) is 6.57 Å². The quantitative estimate of drug-likeness (QED) is 0.521. The molecular weight excluding hydrogens is 370 g/mol. The van der Waals surface area contributed by atoms with Crippen molar-refractivity contribution >= 4 is 27.9 Å². The Morgan fingerprint density at radius 2 is 2.25 bits per heavy atom. The van der Waals surface area contributed by atoms with E-state index in [0.29, 0.717) is 17.7 Å². The molecule has 2 N–H and O–H groups in total. The molecule has 1 saturated heterocycles. The van der Waals surface area contributed by atoms with Crippen LogP contribution in [0.25, 0.3) is 32.5 Å². The van der Waals surface area contributed by atoms with E-state index in [4.69, 9.17) is 16.5 Å². The van der Waals surface area contributed by atoms with Gasteiger partial charge in [0.1, 0.15) is 5.69 Å². The van der Waals surface area contributed by atoms with Gasteiger partial charge in [0, 0.05) is 30.4 Å². The van der Waals surface area contributed by atoms with Gasteiger partial charge in [0.25, 0.3) is 0 Å². The van der Waals surface area contributed by atoms with Crippen molar-refractivity contribution in [1.82, 2.24) is 24.7 Å². The molecule has 0 spiro atoms. The molecule has 1 aliphatic heterocycles. The Bertz CT molecular complexity index is 1180. The van der Waals surface area contributed by atoms with Crippen molar-refractivity contribution in [2.45, 2.75) is 12.5 Å². The van der Waals surface area contributed by atoms with Gasteiger partial charge in [0.15, 0.2) is 10.6 Å². The summed E-state index contributed by atoms with van der Waals surface area (Å²) in [7, 11) is 0. The van der Waals surface area contributed by atoms with Crippen molar-refractivity contribution < 1.29 is 0 Å². The minimum Gasteiger partial charge on any atom is -0.350 e. The molecule has 0 aliphatic carbocycles. The number of benzene rings is 1. The third-order valence-electron chi connectivity index (χ3n) is 4.80. The fourth-order valence-electron chi connectivity index (χ4n) is 3.48. The van der Waals surface area contributed by atoms with Crippen molar-refractivity contribution in [1.29, 1.82) is 0 Å². The van der Waals surface area contributed by atoms with Crippen molar-refractivity contribution in [2.75, 3.05) is 18.4 Å². The highest BCUT2D eigenvalue weighted by molar-refractivity contribution is 7.15. The zero-order valence-corrected chi connectivity index (χ0v) is 15.8. The number of nitrogens with zero attached hydrogens (tertiary/aromatic N) is 5. The lowest BCUT2D eigenvalue weighted by atomic mass is 10.1. The first-order chi connectivity index (χ1) is 13.8. The number of hydrogen-bond donors (Lipinski definition) is 2. The summed E-state index contributed by atoms with van der Waals surface area (Å²) in [6.45, 7) is 9.23. The maximum atomic E-state index is 7.30. The van der Waals surface area contributed by atoms with Crippen LogP contribution in [-0.4, -0.2) is 38.5 Å². The van der Waals surface area contributed by atoms with Gasteiger partial charge in [-0.1, -0.05) is 18.2 Å². The summed E-state index contributed by atoms with van der Waals surface area (Å²) in [6.07, 6.45) is 4.84. The maximum absolute atomic E-state index is 7.30. The monoisotopic (exact) mass is 387 g/mol. The molecule has 1 aromatic carbocycles. The second kappa shape index (κ2) is 7.03. The summed E-state index contributed by atoms with van der Waals surface area (Å²) in [4.78, 5) is 18.4. The number of nitrogens with one attached hydrogen (secondary N) is 2. The smallest absolute Gasteiger partial charge is 0.223 e. The van der Waals surface area contributed by atoms with Gasteiger partial charge < -0.3 is 10.6 Å². The topological polar surface area (TPSA) is 71.5 Å². The zero-order valence-electron chi connectivity index (χ0n) is 15.0. The van der Waals surface area contributed by atoms with Gasteiger partial charge in [-0.25, -0.2) is 19.8 Å². The van der Waals surface area contributed by atoms with Gasteiger partial charge in [-0.2, -0.15) is 0 Å². The predicted molar refractivity (Wildman–Crippen MR) is 111 cm³/mol. The van der Waals surface area contributed by atoms with E-state index in [0.717, 1.165) is 47.1 Å². The maximum Gasteiger partial charge on any atom is 0.223 e. The number of thiazole rings is 1. The average molecular weight is 387 g/mol. The molecule has 8 heteroatoms. The number of anilines is 1. The molecule has 1 atom stereocenters. The first-order valence-electron chi connectivity index (χ1n) is 9.06. The summed E-state index contributed by atoms with van der Waals surface area (Å²) in [5, 5.41) is 8.76. The Labute approximate surface area is 165 Å². The van der Waals surface area contributed by atoms with E-state index in [1.165, 1.54) is 0 Å². The largest absolute Gasteiger partial charge is 0.350 e. The molecule has 0 saturated carbocycles. The van der Waals surface area contributed by atoms with Gasteiger partial charge in [-0.3, -0.25) is 4.40 Å². The Morgan fingerprint density at radius 3 is 3.11 bits per heavy atom. The van der Waals surface area contributed by atoms with Crippen LogP contribution in [0.5, 0.6) is 0 Å². The highest BCUT2D eigenvalue weighted by Crippen LogP contribution is 2.35. The number of rotatable bonds is 4. The highest BCUT2D eigenvalue weighted by Gasteiger charge is 2.20. The van der Waals surface area contributed by atoms with Crippen LogP contribution in [0.3, 0.4) is 0 Å². The second-order valence-electron chi connectivity index (χ2n) is 6.63. The molecule has 1 fully saturated rings. The van der Waals surface area contributed by atoms with Crippen LogP contribution in [0.15, 0.2) is 48.1 Å². The molecule has 4 aromatic rings. The zero-order chi connectivity index (χ0) is 18.9. The van der Waals surface area contributed by atoms with Crippen molar-refractivity contribution in [3.05, 3.63) is 59.5 Å². The first-order valence-corrected chi connectivity index (χ1v) is 9.94. The molecule has 1 aliphatic rings. The Morgan fingerprint density at radius 1 is 1.29 bits per heavy atom. The van der Waals surface area contributed by atoms with Crippen LogP contribution in [-0.2, 0) is 0 Å². The van der Waals surface area contributed by atoms with E-state index < -0.39 is 0 Å². The van der Waals surface area contributed by atoms with E-state index in [9.17, 15) is 0 Å². The van der Waals surface area contributed by atoms with Crippen molar-refractivity contribution in [2.24, 2.45) is 0 Å². The molecule has 0 unspecified atom stereocenters. The fourth-order valence-corrected chi connectivity index (χ4v) is 4.19. The summed E-state index contributed by atoms with van der Waals surface area (Å²) in [5.41, 5.74) is 4.04. The SMILES string of the molecule is [C-]#[N+]c1cccc(-c2nc3sccn3c2-c2ccnc(N[C@@H]3CCNC3)n2)c1. The van der Waals surface area contributed by atoms with Crippen LogP contribution in [0.1, 0.15) is 6.42 Å². The Balaban J connectivity index is 1.62. The summed E-state index contributed by atoms with van der Waals surface area (Å²) >= 11 is 1.58. The number of hydrogen-bond acceptors (Lipinski definition) is 6. The lowest BCUT2D eigenvalue weighted by molar-refractivity contribution is 0.781. The van der Waals surface area contributed by atoms with Gasteiger partial charge in [0.2, 0.25) is 5.95 Å². The summed E-state index contributed by atoms with van der Waals surface area (Å²) < 4.78 is 2.05. The molecular formula is C20H17N7S. The van der Waals surface area contributed by atoms with Crippen LogP contribution in [0.2, 0.25) is 0 Å². The molecule has 5 rings (SSSR count). The Kier molecular flexibility index (Phi) is 4.24. The molecule has 138 valence electrons. The molecule has 0 radical (unpaired) electrons. The van der Waals surface area contributed by atoms with Gasteiger partial charge in [0.05, 0.1) is 18.0 Å². The Hall–Kier alpha value is -3.28. The lowest BCUT2D eigenvalue weighted by Crippen LogP contribution is -2.23. The standard InChI is InChI=1S/C20H17N7S/c1-21-14-4-2-3-13(11-14)17-18(27-9-10-28-20(27)26-17)16-6-8-23-19(25-16)24-15-5-7-22-12-15/h2-4,6,8-11,15,22H,5,7,12H2,(H,23,24,25)/t15-/m1/s1. The molecule has 7 nitrogen and oxygen atoms in total. The molecule has 0 amide bonds. The summed E-state index contributed by atoms with van der Waals surface area (Å²) in [6, 6.07) is 9.79. The average Bonchev–Trinajstić information content (AvgIpc) is 3.45. The number of fused-ring (bicyclic) bond motifs is 1. The van der Waals surface area contributed by atoms with Gasteiger partial charge in [-0.15, -0.1) is 11.3 Å². The first kappa shape index (κ1) is 16.9. The van der Waals surface area contributed by atoms with Crippen LogP contribution < -0.4 is 10.6 Å². The number of aromatic nitrogens is 4. The predicted octanol–water partition coefficient (Wildman–Crippen LogP) is 3.84. The van der Waals surface area contributed by atoms with Crippen molar-refractivity contribution in [3.8, 4) is 22.6 Å². The van der Waals surface area contributed by atoms with Crippen LogP contribution >= 0.6 is 11.3 Å². The lowest BCUT2D eigenvalue weighted by Gasteiger charge is -2.12. The van der Waals surface area contributed by atoms with E-state index in [2.05, 4.69) is 20.5 Å². The van der Waals surface area contributed by atoms with E-state index in [1.807, 2.05) is 40.2 Å². The van der Waals surface area contributed by atoms with E-state index >= 15 is 0 Å². The van der Waals surface area contributed by atoms with Gasteiger partial charge in [-0.05, 0) is 30.7 Å². The molecule has 28 heavy (non-hydrogen) atoms. The molecule has 3 aromatic heterocycles. The van der Waals surface area contributed by atoms with Crippen LogP contribution in [0.4, 0.5) is 11.6 Å². The second-order valence-corrected chi connectivity index (χ2v) is 7.50. The van der Waals surface area contributed by atoms with E-state index in [1.54, 1.807) is 23.6 Å². The number of imidazole rings is 1. The third kappa shape index (κ3) is 3.01. The normalized spacial score (nSPS) is 16.3. The molecule has 4 heterocycles. The van der Waals surface area contributed by atoms with Gasteiger partial charge >= 0.3 is 0 Å². The summed E-state index contributed by atoms with van der Waals surface area (Å²) in [5.74, 6) is 0.622. The highest BCUT2D eigenvalue weighted by atomic mass is 32.1. The molecule has 0 bridgehead atoms. The van der Waals surface area contributed by atoms with E-state index in [-0.39, 0.29) is 0 Å².